The summed E-state index contributed by atoms with van der Waals surface area (Å²) in [6.07, 6.45) is -3.34. The summed E-state index contributed by atoms with van der Waals surface area (Å²) in [5, 5.41) is 20.2. The molecule has 0 amide bonds. The zero-order chi connectivity index (χ0) is 21.8. The average molecular weight is 423 g/mol. The minimum Gasteiger partial charge on any atom is -0.493 e. The van der Waals surface area contributed by atoms with E-state index < -0.39 is 28.1 Å². The van der Waals surface area contributed by atoms with Crippen LogP contribution in [0, 0.1) is 21.4 Å². The number of alkyl halides is 3. The fraction of sp³-hybridized carbons (Fsp3) is 0.111. The van der Waals surface area contributed by atoms with E-state index in [0.717, 1.165) is 6.07 Å². The number of hydrogen-bond acceptors (Lipinski definition) is 6. The first-order valence-corrected chi connectivity index (χ1v) is 8.10. The van der Waals surface area contributed by atoms with Gasteiger partial charge >= 0.3 is 11.9 Å². The second-order valence-electron chi connectivity index (χ2n) is 5.48. The first-order chi connectivity index (χ1) is 13.6. The highest BCUT2D eigenvalue weighted by Crippen LogP contribution is 2.40. The summed E-state index contributed by atoms with van der Waals surface area (Å²) in [6, 6.07) is 8.06. The smallest absolute Gasteiger partial charge is 0.416 e. The van der Waals surface area contributed by atoms with Crippen molar-refractivity contribution in [1.29, 1.82) is 5.26 Å². The molecule has 0 saturated carbocycles. The van der Waals surface area contributed by atoms with Gasteiger partial charge in [-0.25, -0.2) is 0 Å². The van der Waals surface area contributed by atoms with Crippen LogP contribution in [-0.4, -0.2) is 17.0 Å². The number of nitrogens with two attached hydrogens (primary N) is 1. The predicted molar refractivity (Wildman–Crippen MR) is 102 cm³/mol. The van der Waals surface area contributed by atoms with Gasteiger partial charge in [-0.2, -0.15) is 18.4 Å². The van der Waals surface area contributed by atoms with Gasteiger partial charge in [0.15, 0.2) is 11.5 Å². The third kappa shape index (κ3) is 5.20. The lowest BCUT2D eigenvalue weighted by Gasteiger charge is -2.13. The van der Waals surface area contributed by atoms with E-state index in [1.165, 1.54) is 31.4 Å². The molecule has 0 aromatic heterocycles. The molecule has 150 valence electrons. The lowest BCUT2D eigenvalue weighted by Crippen LogP contribution is -2.09. The zero-order valence-electron chi connectivity index (χ0n) is 14.7. The second kappa shape index (κ2) is 8.57. The van der Waals surface area contributed by atoms with E-state index >= 15 is 0 Å². The van der Waals surface area contributed by atoms with Crippen molar-refractivity contribution in [2.24, 2.45) is 5.73 Å². The number of hydrogen-bond donors (Lipinski definition) is 1. The highest BCUT2D eigenvalue weighted by Gasteiger charge is 2.33. The van der Waals surface area contributed by atoms with Gasteiger partial charge in [0.05, 0.1) is 23.2 Å². The van der Waals surface area contributed by atoms with E-state index in [-0.39, 0.29) is 22.1 Å². The van der Waals surface area contributed by atoms with Crippen LogP contribution in [0.2, 0.25) is 0 Å². The summed E-state index contributed by atoms with van der Waals surface area (Å²) in [5.41, 5.74) is 3.92. The number of nitro benzene ring substituents is 1. The Hall–Kier alpha value is -3.65. The van der Waals surface area contributed by atoms with E-state index in [1.54, 1.807) is 0 Å². The molecule has 0 spiro atoms. The Morgan fingerprint density at radius 1 is 1.24 bits per heavy atom. The van der Waals surface area contributed by atoms with Crippen LogP contribution < -0.4 is 15.2 Å². The van der Waals surface area contributed by atoms with Crippen LogP contribution >= 0.6 is 12.2 Å². The molecule has 0 fully saturated rings. The Morgan fingerprint density at radius 3 is 2.41 bits per heavy atom. The number of halogens is 3. The van der Waals surface area contributed by atoms with Gasteiger partial charge in [0.1, 0.15) is 11.1 Å². The van der Waals surface area contributed by atoms with Crippen molar-refractivity contribution >= 4 is 29.0 Å². The van der Waals surface area contributed by atoms with Gasteiger partial charge in [0.2, 0.25) is 5.75 Å². The molecule has 7 nitrogen and oxygen atoms in total. The Morgan fingerprint density at radius 2 is 1.90 bits per heavy atom. The maximum absolute atomic E-state index is 12.8. The molecule has 0 aliphatic rings. The molecule has 0 heterocycles. The van der Waals surface area contributed by atoms with Crippen molar-refractivity contribution < 1.29 is 27.6 Å². The number of ether oxygens (including phenoxy) is 2. The van der Waals surface area contributed by atoms with Gasteiger partial charge in [-0.15, -0.1) is 0 Å². The summed E-state index contributed by atoms with van der Waals surface area (Å²) in [5.74, 6) is -0.264. The van der Waals surface area contributed by atoms with Crippen LogP contribution in [0.4, 0.5) is 18.9 Å². The van der Waals surface area contributed by atoms with E-state index in [0.29, 0.717) is 17.7 Å². The summed E-state index contributed by atoms with van der Waals surface area (Å²) < 4.78 is 49.0. The fourth-order valence-corrected chi connectivity index (χ4v) is 2.33. The number of methoxy groups -OCH3 is 1. The molecule has 0 aliphatic heterocycles. The van der Waals surface area contributed by atoms with Crippen LogP contribution in [0.15, 0.2) is 42.0 Å². The van der Waals surface area contributed by atoms with Crippen molar-refractivity contribution in [3.05, 3.63) is 63.2 Å². The molecule has 0 unspecified atom stereocenters. The Labute approximate surface area is 167 Å². The molecular weight excluding hydrogens is 411 g/mol. The number of thiocarbonyl (C=S) groups is 1. The van der Waals surface area contributed by atoms with Gasteiger partial charge in [-0.1, -0.05) is 18.3 Å². The van der Waals surface area contributed by atoms with Crippen molar-refractivity contribution in [3.63, 3.8) is 0 Å². The summed E-state index contributed by atoms with van der Waals surface area (Å²) >= 11 is 4.75. The number of benzene rings is 2. The highest BCUT2D eigenvalue weighted by atomic mass is 32.1. The van der Waals surface area contributed by atoms with E-state index in [9.17, 15) is 23.3 Å². The normalized spacial score (nSPS) is 11.5. The summed E-state index contributed by atoms with van der Waals surface area (Å²) in [7, 11) is 1.30. The van der Waals surface area contributed by atoms with Gasteiger partial charge in [0, 0.05) is 6.07 Å². The lowest BCUT2D eigenvalue weighted by atomic mass is 10.1. The van der Waals surface area contributed by atoms with Gasteiger partial charge < -0.3 is 15.2 Å². The molecule has 0 bridgehead atoms. The van der Waals surface area contributed by atoms with Crippen LogP contribution in [0.1, 0.15) is 11.1 Å². The van der Waals surface area contributed by atoms with E-state index in [2.05, 4.69) is 0 Å². The monoisotopic (exact) mass is 423 g/mol. The number of nitrogens with zero attached hydrogens (tertiary/aromatic N) is 2. The molecular formula is C18H12F3N3O4S. The topological polar surface area (TPSA) is 111 Å². The Balaban J connectivity index is 2.46. The minimum absolute atomic E-state index is 0.0151. The molecule has 2 aromatic rings. The van der Waals surface area contributed by atoms with Crippen LogP contribution in [0.3, 0.4) is 0 Å². The molecule has 0 aliphatic carbocycles. The molecule has 0 radical (unpaired) electrons. The minimum atomic E-state index is -4.74. The third-order valence-corrected chi connectivity index (χ3v) is 3.81. The maximum atomic E-state index is 12.8. The standard InChI is InChI=1S/C18H12F3N3O4S/c1-27-16-7-10(6-11(9-22)17(23)29)2-4-15(16)28-14-5-3-12(18(19,20)21)8-13(14)24(25)26/h2-8H,1H3,(H2,23,29)/b11-6+. The van der Waals surface area contributed by atoms with Gasteiger partial charge in [-0.05, 0) is 35.9 Å². The maximum Gasteiger partial charge on any atom is 0.416 e. The van der Waals surface area contributed by atoms with Crippen molar-refractivity contribution in [1.82, 2.24) is 0 Å². The first-order valence-electron chi connectivity index (χ1n) is 7.70. The van der Waals surface area contributed by atoms with Crippen molar-refractivity contribution in [2.45, 2.75) is 6.18 Å². The number of rotatable bonds is 6. The molecule has 2 N–H and O–H groups in total. The van der Waals surface area contributed by atoms with Crippen LogP contribution in [0.5, 0.6) is 17.2 Å². The SMILES string of the molecule is COc1cc(/C=C(\C#N)C(N)=S)ccc1Oc1ccc(C(F)(F)F)cc1[N+](=O)[O-]. The van der Waals surface area contributed by atoms with Gasteiger partial charge in [0.25, 0.3) is 0 Å². The zero-order valence-corrected chi connectivity index (χ0v) is 15.5. The largest absolute Gasteiger partial charge is 0.493 e. The predicted octanol–water partition coefficient (Wildman–Crippen LogP) is 4.61. The fourth-order valence-electron chi connectivity index (χ4n) is 2.22. The average Bonchev–Trinajstić information content (AvgIpc) is 2.65. The van der Waals surface area contributed by atoms with Gasteiger partial charge in [-0.3, -0.25) is 10.1 Å². The first kappa shape index (κ1) is 21.6. The molecule has 2 aromatic carbocycles. The number of nitro groups is 1. The Bertz CT molecular complexity index is 1050. The quantitative estimate of drug-likeness (QED) is 0.237. The van der Waals surface area contributed by atoms with E-state index in [1.807, 2.05) is 6.07 Å². The van der Waals surface area contributed by atoms with Crippen LogP contribution in [0.25, 0.3) is 6.08 Å². The molecule has 0 atom stereocenters. The molecule has 29 heavy (non-hydrogen) atoms. The second-order valence-corrected chi connectivity index (χ2v) is 5.92. The molecule has 2 rings (SSSR count). The van der Waals surface area contributed by atoms with E-state index in [4.69, 9.17) is 32.7 Å². The highest BCUT2D eigenvalue weighted by molar-refractivity contribution is 7.80. The number of nitriles is 1. The van der Waals surface area contributed by atoms with Crippen LogP contribution in [-0.2, 0) is 6.18 Å². The van der Waals surface area contributed by atoms with Crippen molar-refractivity contribution in [2.75, 3.05) is 7.11 Å². The summed E-state index contributed by atoms with van der Waals surface area (Å²) in [4.78, 5) is 10.1. The summed E-state index contributed by atoms with van der Waals surface area (Å²) in [6.45, 7) is 0. The molecule has 0 saturated heterocycles. The third-order valence-electron chi connectivity index (χ3n) is 3.59. The molecule has 11 heteroatoms. The Kier molecular flexibility index (Phi) is 6.40. The van der Waals surface area contributed by atoms with Crippen molar-refractivity contribution in [3.8, 4) is 23.3 Å². The lowest BCUT2D eigenvalue weighted by molar-refractivity contribution is -0.385.